The average Bonchev–Trinajstić information content (AvgIpc) is 2.74. The quantitative estimate of drug-likeness (QED) is 0.780. The zero-order chi connectivity index (χ0) is 20.8. The molecule has 1 heterocycles. The van der Waals surface area contributed by atoms with Crippen molar-refractivity contribution < 1.29 is 19.1 Å². The number of carbonyl (C=O) groups excluding carboxylic acids is 2. The van der Waals surface area contributed by atoms with Crippen LogP contribution < -0.4 is 20.3 Å². The third-order valence-electron chi connectivity index (χ3n) is 5.04. The fourth-order valence-corrected chi connectivity index (χ4v) is 3.45. The number of methoxy groups -OCH3 is 2. The molecule has 2 aromatic rings. The highest BCUT2D eigenvalue weighted by atomic mass is 16.5. The molecule has 0 bridgehead atoms. The lowest BCUT2D eigenvalue weighted by atomic mass is 10.1. The van der Waals surface area contributed by atoms with Crippen LogP contribution in [0.15, 0.2) is 42.5 Å². The topological polar surface area (TPSA) is 79.9 Å². The van der Waals surface area contributed by atoms with Gasteiger partial charge in [-0.3, -0.25) is 9.59 Å². The number of nitrogens with one attached hydrogen (secondary N) is 2. The first kappa shape index (κ1) is 20.7. The highest BCUT2D eigenvalue weighted by molar-refractivity contribution is 6.05. The zero-order valence-electron chi connectivity index (χ0n) is 17.0. The van der Waals surface area contributed by atoms with Crippen molar-refractivity contribution in [3.63, 3.8) is 0 Å². The van der Waals surface area contributed by atoms with Gasteiger partial charge in [-0.1, -0.05) is 0 Å². The second kappa shape index (κ2) is 9.43. The van der Waals surface area contributed by atoms with E-state index in [1.54, 1.807) is 25.3 Å². The molecule has 0 aromatic heterocycles. The first-order chi connectivity index (χ1) is 14.0. The number of carbonyl (C=O) groups is 2. The molecule has 1 aliphatic heterocycles. The molecule has 29 heavy (non-hydrogen) atoms. The van der Waals surface area contributed by atoms with E-state index in [1.807, 2.05) is 24.3 Å². The van der Waals surface area contributed by atoms with Crippen LogP contribution in [0.2, 0.25) is 0 Å². The van der Waals surface area contributed by atoms with Crippen LogP contribution in [0.25, 0.3) is 0 Å². The number of piperidine rings is 1. The van der Waals surface area contributed by atoms with E-state index in [1.165, 1.54) is 14.0 Å². The molecule has 1 fully saturated rings. The maximum Gasteiger partial charge on any atom is 0.255 e. The average molecular weight is 397 g/mol. The van der Waals surface area contributed by atoms with Crippen LogP contribution >= 0.6 is 0 Å². The van der Waals surface area contributed by atoms with E-state index in [0.717, 1.165) is 31.6 Å². The van der Waals surface area contributed by atoms with Crippen LogP contribution in [-0.2, 0) is 9.53 Å². The van der Waals surface area contributed by atoms with Crippen LogP contribution in [0, 0.1) is 0 Å². The van der Waals surface area contributed by atoms with Gasteiger partial charge in [0.15, 0.2) is 0 Å². The van der Waals surface area contributed by atoms with Gasteiger partial charge in [-0.2, -0.15) is 0 Å². The first-order valence-corrected chi connectivity index (χ1v) is 9.65. The monoisotopic (exact) mass is 397 g/mol. The van der Waals surface area contributed by atoms with Crippen LogP contribution in [0.1, 0.15) is 30.1 Å². The van der Waals surface area contributed by atoms with Crippen LogP contribution in [-0.4, -0.2) is 45.2 Å². The van der Waals surface area contributed by atoms with Crippen molar-refractivity contribution in [3.8, 4) is 5.75 Å². The third-order valence-corrected chi connectivity index (χ3v) is 5.04. The lowest BCUT2D eigenvalue weighted by Gasteiger charge is -2.33. The summed E-state index contributed by atoms with van der Waals surface area (Å²) in [6, 6.07) is 12.7. The number of hydrogen-bond donors (Lipinski definition) is 2. The van der Waals surface area contributed by atoms with Gasteiger partial charge < -0.3 is 25.0 Å². The molecular weight excluding hydrogens is 370 g/mol. The van der Waals surface area contributed by atoms with Gasteiger partial charge in [-0.05, 0) is 55.3 Å². The SMILES string of the molecule is COc1ccc(NC(C)=O)cc1NC(=O)c1ccc(N2CCC(OC)CC2)cc1. The second-order valence-corrected chi connectivity index (χ2v) is 7.02. The Hall–Kier alpha value is -3.06. The van der Waals surface area contributed by atoms with Crippen molar-refractivity contribution in [2.75, 3.05) is 42.8 Å². The Kier molecular flexibility index (Phi) is 6.72. The van der Waals surface area contributed by atoms with E-state index < -0.39 is 0 Å². The summed E-state index contributed by atoms with van der Waals surface area (Å²) in [5, 5.41) is 5.56. The first-order valence-electron chi connectivity index (χ1n) is 9.65. The summed E-state index contributed by atoms with van der Waals surface area (Å²) in [5.74, 6) is 0.0931. The largest absolute Gasteiger partial charge is 0.495 e. The Bertz CT molecular complexity index is 859. The molecule has 2 aromatic carbocycles. The van der Waals surface area contributed by atoms with Gasteiger partial charge in [0, 0.05) is 44.1 Å². The Balaban J connectivity index is 1.69. The molecule has 0 saturated carbocycles. The molecule has 0 unspecified atom stereocenters. The van der Waals surface area contributed by atoms with Gasteiger partial charge in [-0.25, -0.2) is 0 Å². The predicted molar refractivity (Wildman–Crippen MR) is 114 cm³/mol. The standard InChI is InChI=1S/C22H27N3O4/c1-15(26)23-17-6-9-21(29-3)20(14-17)24-22(27)16-4-7-18(8-5-16)25-12-10-19(28-2)11-13-25/h4-9,14,19H,10-13H2,1-3H3,(H,23,26)(H,24,27). The fourth-order valence-electron chi connectivity index (χ4n) is 3.45. The summed E-state index contributed by atoms with van der Waals surface area (Å²) in [6.07, 6.45) is 2.34. The molecular formula is C22H27N3O4. The van der Waals surface area contributed by atoms with Gasteiger partial charge in [0.1, 0.15) is 5.75 Å². The molecule has 7 heteroatoms. The lowest BCUT2D eigenvalue weighted by molar-refractivity contribution is -0.114. The Morgan fingerprint density at radius 3 is 2.28 bits per heavy atom. The number of nitrogens with zero attached hydrogens (tertiary/aromatic N) is 1. The minimum Gasteiger partial charge on any atom is -0.495 e. The van der Waals surface area contributed by atoms with E-state index in [9.17, 15) is 9.59 Å². The third kappa shape index (κ3) is 5.26. The molecule has 3 rings (SSSR count). The molecule has 2 amide bonds. The molecule has 0 spiro atoms. The maximum absolute atomic E-state index is 12.7. The molecule has 2 N–H and O–H groups in total. The normalized spacial score (nSPS) is 14.4. The van der Waals surface area contributed by atoms with Crippen LogP contribution in [0.5, 0.6) is 5.75 Å². The summed E-state index contributed by atoms with van der Waals surface area (Å²) in [7, 11) is 3.29. The van der Waals surface area contributed by atoms with Crippen molar-refractivity contribution in [1.29, 1.82) is 0 Å². The highest BCUT2D eigenvalue weighted by Gasteiger charge is 2.19. The van der Waals surface area contributed by atoms with Gasteiger partial charge >= 0.3 is 0 Å². The maximum atomic E-state index is 12.7. The summed E-state index contributed by atoms with van der Waals surface area (Å²) >= 11 is 0. The van der Waals surface area contributed by atoms with E-state index in [4.69, 9.17) is 9.47 Å². The summed E-state index contributed by atoms with van der Waals surface area (Å²) in [4.78, 5) is 26.3. The van der Waals surface area contributed by atoms with Crippen molar-refractivity contribution in [2.45, 2.75) is 25.9 Å². The molecule has 0 radical (unpaired) electrons. The van der Waals surface area contributed by atoms with Gasteiger partial charge in [0.25, 0.3) is 5.91 Å². The minimum atomic E-state index is -0.243. The second-order valence-electron chi connectivity index (χ2n) is 7.02. The highest BCUT2D eigenvalue weighted by Crippen LogP contribution is 2.29. The predicted octanol–water partition coefficient (Wildman–Crippen LogP) is 3.52. The van der Waals surface area contributed by atoms with E-state index in [2.05, 4.69) is 15.5 Å². The van der Waals surface area contributed by atoms with E-state index in [0.29, 0.717) is 28.8 Å². The van der Waals surface area contributed by atoms with Gasteiger partial charge in [0.05, 0.1) is 18.9 Å². The lowest BCUT2D eigenvalue weighted by Crippen LogP contribution is -2.36. The van der Waals surface area contributed by atoms with E-state index >= 15 is 0 Å². The number of amides is 2. The van der Waals surface area contributed by atoms with Crippen molar-refractivity contribution >= 4 is 28.9 Å². The van der Waals surface area contributed by atoms with Crippen LogP contribution in [0.4, 0.5) is 17.1 Å². The molecule has 0 aliphatic carbocycles. The Morgan fingerprint density at radius 1 is 1.00 bits per heavy atom. The molecule has 1 saturated heterocycles. The number of rotatable bonds is 6. The number of anilines is 3. The smallest absolute Gasteiger partial charge is 0.255 e. The van der Waals surface area contributed by atoms with Gasteiger partial charge in [0.2, 0.25) is 5.91 Å². The van der Waals surface area contributed by atoms with E-state index in [-0.39, 0.29) is 11.8 Å². The van der Waals surface area contributed by atoms with Crippen molar-refractivity contribution in [3.05, 3.63) is 48.0 Å². The number of ether oxygens (including phenoxy) is 2. The Morgan fingerprint density at radius 2 is 1.69 bits per heavy atom. The molecule has 1 aliphatic rings. The summed E-state index contributed by atoms with van der Waals surface area (Å²) < 4.78 is 10.7. The molecule has 154 valence electrons. The molecule has 7 nitrogen and oxygen atoms in total. The van der Waals surface area contributed by atoms with Crippen molar-refractivity contribution in [2.24, 2.45) is 0 Å². The number of hydrogen-bond acceptors (Lipinski definition) is 5. The van der Waals surface area contributed by atoms with Gasteiger partial charge in [-0.15, -0.1) is 0 Å². The van der Waals surface area contributed by atoms with Crippen LogP contribution in [0.3, 0.4) is 0 Å². The zero-order valence-corrected chi connectivity index (χ0v) is 17.0. The fraction of sp³-hybridized carbons (Fsp3) is 0.364. The molecule has 0 atom stereocenters. The Labute approximate surface area is 171 Å². The minimum absolute atomic E-state index is 0.183. The summed E-state index contributed by atoms with van der Waals surface area (Å²) in [5.41, 5.74) is 2.73. The van der Waals surface area contributed by atoms with Crippen molar-refractivity contribution in [1.82, 2.24) is 0 Å². The number of benzene rings is 2. The summed E-state index contributed by atoms with van der Waals surface area (Å²) in [6.45, 7) is 3.32.